The summed E-state index contributed by atoms with van der Waals surface area (Å²) in [7, 11) is 0. The highest BCUT2D eigenvalue weighted by atomic mass is 16.4. The van der Waals surface area contributed by atoms with Crippen LogP contribution in [0.25, 0.3) is 0 Å². The van der Waals surface area contributed by atoms with Crippen LogP contribution in [0.5, 0.6) is 0 Å². The van der Waals surface area contributed by atoms with Gasteiger partial charge in [-0.3, -0.25) is 4.79 Å². The van der Waals surface area contributed by atoms with Gasteiger partial charge in [-0.25, -0.2) is 0 Å². The molecule has 19 heavy (non-hydrogen) atoms. The molecule has 106 valence electrons. The predicted molar refractivity (Wildman–Crippen MR) is 76.1 cm³/mol. The monoisotopic (exact) mass is 264 g/mol. The Morgan fingerprint density at radius 3 is 2.26 bits per heavy atom. The van der Waals surface area contributed by atoms with E-state index in [9.17, 15) is 9.90 Å². The topological polar surface area (TPSA) is 57.5 Å². The second-order valence-electron chi connectivity index (χ2n) is 4.99. The van der Waals surface area contributed by atoms with E-state index in [2.05, 4.69) is 6.92 Å². The average Bonchev–Trinajstić information content (AvgIpc) is 2.43. The molecule has 0 saturated heterocycles. The van der Waals surface area contributed by atoms with E-state index in [0.717, 1.165) is 24.0 Å². The molecule has 0 aromatic heterocycles. The smallest absolute Gasteiger partial charge is 0.310 e. The Bertz CT molecular complexity index is 370. The van der Waals surface area contributed by atoms with E-state index in [1.807, 2.05) is 12.1 Å². The van der Waals surface area contributed by atoms with Gasteiger partial charge in [-0.1, -0.05) is 63.3 Å². The van der Waals surface area contributed by atoms with Gasteiger partial charge in [0.15, 0.2) is 0 Å². The minimum absolute atomic E-state index is 0.00492. The zero-order valence-electron chi connectivity index (χ0n) is 11.6. The first-order valence-electron chi connectivity index (χ1n) is 7.11. The highest BCUT2D eigenvalue weighted by Crippen LogP contribution is 2.23. The zero-order valence-corrected chi connectivity index (χ0v) is 11.6. The Kier molecular flexibility index (Phi) is 7.19. The first-order valence-corrected chi connectivity index (χ1v) is 7.11. The van der Waals surface area contributed by atoms with Gasteiger partial charge in [0.2, 0.25) is 0 Å². The molecule has 2 N–H and O–H groups in total. The number of carboxylic acid groups (broad SMARTS) is 1. The largest absolute Gasteiger partial charge is 0.481 e. The maximum atomic E-state index is 11.3. The molecule has 1 aromatic carbocycles. The SMILES string of the molecule is CCCCCCCC(C(=O)O)c1ccc(CO)cc1. The summed E-state index contributed by atoms with van der Waals surface area (Å²) >= 11 is 0. The van der Waals surface area contributed by atoms with E-state index >= 15 is 0 Å². The lowest BCUT2D eigenvalue weighted by Crippen LogP contribution is -2.11. The lowest BCUT2D eigenvalue weighted by atomic mass is 9.92. The zero-order chi connectivity index (χ0) is 14.1. The Labute approximate surface area is 115 Å². The van der Waals surface area contributed by atoms with E-state index in [1.54, 1.807) is 12.1 Å². The van der Waals surface area contributed by atoms with E-state index in [-0.39, 0.29) is 6.61 Å². The summed E-state index contributed by atoms with van der Waals surface area (Å²) in [5.74, 6) is -1.18. The van der Waals surface area contributed by atoms with Crippen LogP contribution in [0.3, 0.4) is 0 Å². The third-order valence-electron chi connectivity index (χ3n) is 3.46. The fraction of sp³-hybridized carbons (Fsp3) is 0.562. The normalized spacial score (nSPS) is 12.3. The molecule has 0 aliphatic heterocycles. The van der Waals surface area contributed by atoms with Gasteiger partial charge in [0.25, 0.3) is 0 Å². The van der Waals surface area contributed by atoms with Crippen molar-refractivity contribution in [2.75, 3.05) is 0 Å². The second-order valence-corrected chi connectivity index (χ2v) is 4.99. The van der Waals surface area contributed by atoms with E-state index in [4.69, 9.17) is 5.11 Å². The van der Waals surface area contributed by atoms with Crippen molar-refractivity contribution in [1.82, 2.24) is 0 Å². The van der Waals surface area contributed by atoms with Crippen molar-refractivity contribution in [1.29, 1.82) is 0 Å². The van der Waals surface area contributed by atoms with Crippen molar-refractivity contribution in [3.63, 3.8) is 0 Å². The number of aliphatic hydroxyl groups excluding tert-OH is 1. The molecule has 0 saturated carbocycles. The highest BCUT2D eigenvalue weighted by molar-refractivity contribution is 5.76. The molecule has 1 rings (SSSR count). The summed E-state index contributed by atoms with van der Waals surface area (Å²) in [6.45, 7) is 2.16. The quantitative estimate of drug-likeness (QED) is 0.668. The minimum atomic E-state index is -0.757. The number of hydrogen-bond donors (Lipinski definition) is 2. The number of carboxylic acids is 1. The number of benzene rings is 1. The van der Waals surface area contributed by atoms with Crippen LogP contribution in [0, 0.1) is 0 Å². The molecule has 0 spiro atoms. The van der Waals surface area contributed by atoms with Gasteiger partial charge in [-0.2, -0.15) is 0 Å². The number of aliphatic carboxylic acids is 1. The molecule has 0 radical (unpaired) electrons. The van der Waals surface area contributed by atoms with Crippen LogP contribution >= 0.6 is 0 Å². The molecule has 0 aliphatic carbocycles. The number of unbranched alkanes of at least 4 members (excludes halogenated alkanes) is 4. The fourth-order valence-electron chi connectivity index (χ4n) is 2.24. The van der Waals surface area contributed by atoms with Crippen LogP contribution in [0.1, 0.15) is 62.5 Å². The first-order chi connectivity index (χ1) is 9.19. The van der Waals surface area contributed by atoms with Crippen molar-refractivity contribution >= 4 is 5.97 Å². The molecule has 0 bridgehead atoms. The maximum absolute atomic E-state index is 11.3. The molecule has 0 amide bonds. The molecule has 3 nitrogen and oxygen atoms in total. The summed E-state index contributed by atoms with van der Waals surface area (Å²) in [5, 5.41) is 18.3. The Morgan fingerprint density at radius 1 is 1.11 bits per heavy atom. The Morgan fingerprint density at radius 2 is 1.74 bits per heavy atom. The van der Waals surface area contributed by atoms with Crippen molar-refractivity contribution < 1.29 is 15.0 Å². The number of carbonyl (C=O) groups is 1. The van der Waals surface area contributed by atoms with Gasteiger partial charge in [0.05, 0.1) is 12.5 Å². The maximum Gasteiger partial charge on any atom is 0.310 e. The molecule has 1 atom stereocenters. The summed E-state index contributed by atoms with van der Waals surface area (Å²) in [5.41, 5.74) is 1.65. The number of hydrogen-bond acceptors (Lipinski definition) is 2. The molecular formula is C16H24O3. The summed E-state index contributed by atoms with van der Waals surface area (Å²) in [6.07, 6.45) is 6.36. The third kappa shape index (κ3) is 5.43. The second kappa shape index (κ2) is 8.70. The minimum Gasteiger partial charge on any atom is -0.481 e. The van der Waals surface area contributed by atoms with Crippen LogP contribution in [0.15, 0.2) is 24.3 Å². The van der Waals surface area contributed by atoms with Gasteiger partial charge in [0.1, 0.15) is 0 Å². The Balaban J connectivity index is 2.53. The Hall–Kier alpha value is -1.35. The predicted octanol–water partition coefficient (Wildman–Crippen LogP) is 3.71. The van der Waals surface area contributed by atoms with Crippen LogP contribution in [-0.4, -0.2) is 16.2 Å². The standard InChI is InChI=1S/C16H24O3/c1-2-3-4-5-6-7-15(16(18)19)14-10-8-13(12-17)9-11-14/h8-11,15,17H,2-7,12H2,1H3,(H,18,19). The number of rotatable bonds is 9. The van der Waals surface area contributed by atoms with Gasteiger partial charge in [-0.05, 0) is 17.5 Å². The summed E-state index contributed by atoms with van der Waals surface area (Å²) in [4.78, 5) is 11.3. The van der Waals surface area contributed by atoms with Crippen LogP contribution in [-0.2, 0) is 11.4 Å². The van der Waals surface area contributed by atoms with E-state index in [0.29, 0.717) is 6.42 Å². The van der Waals surface area contributed by atoms with E-state index in [1.165, 1.54) is 19.3 Å². The third-order valence-corrected chi connectivity index (χ3v) is 3.46. The van der Waals surface area contributed by atoms with Gasteiger partial charge < -0.3 is 10.2 Å². The molecule has 0 heterocycles. The van der Waals surface area contributed by atoms with Crippen LogP contribution < -0.4 is 0 Å². The molecule has 0 fully saturated rings. The molecule has 1 aromatic rings. The summed E-state index contributed by atoms with van der Waals surface area (Å²) in [6, 6.07) is 7.22. The van der Waals surface area contributed by atoms with Crippen molar-refractivity contribution in [3.05, 3.63) is 35.4 Å². The molecule has 3 heteroatoms. The van der Waals surface area contributed by atoms with Crippen molar-refractivity contribution in [2.24, 2.45) is 0 Å². The van der Waals surface area contributed by atoms with Crippen LogP contribution in [0.4, 0.5) is 0 Å². The van der Waals surface area contributed by atoms with Gasteiger partial charge >= 0.3 is 5.97 Å². The molecule has 0 aliphatic rings. The van der Waals surface area contributed by atoms with Crippen molar-refractivity contribution in [2.45, 2.75) is 58.0 Å². The fourth-order valence-corrected chi connectivity index (χ4v) is 2.24. The van der Waals surface area contributed by atoms with Crippen LogP contribution in [0.2, 0.25) is 0 Å². The first kappa shape index (κ1) is 15.7. The lowest BCUT2D eigenvalue weighted by molar-refractivity contribution is -0.139. The van der Waals surface area contributed by atoms with Crippen molar-refractivity contribution in [3.8, 4) is 0 Å². The highest BCUT2D eigenvalue weighted by Gasteiger charge is 2.18. The molecular weight excluding hydrogens is 240 g/mol. The molecule has 1 unspecified atom stereocenters. The van der Waals surface area contributed by atoms with Gasteiger partial charge in [-0.15, -0.1) is 0 Å². The van der Waals surface area contributed by atoms with Gasteiger partial charge in [0, 0.05) is 0 Å². The summed E-state index contributed by atoms with van der Waals surface area (Å²) < 4.78 is 0. The lowest BCUT2D eigenvalue weighted by Gasteiger charge is -2.13. The number of aliphatic hydroxyl groups is 1. The average molecular weight is 264 g/mol. The van der Waals surface area contributed by atoms with E-state index < -0.39 is 11.9 Å².